The van der Waals surface area contributed by atoms with Crippen molar-refractivity contribution >= 4 is 5.91 Å². The van der Waals surface area contributed by atoms with Gasteiger partial charge >= 0.3 is 0 Å². The molecule has 1 aromatic rings. The normalized spacial score (nSPS) is 12.9. The van der Waals surface area contributed by atoms with E-state index in [-0.39, 0.29) is 11.9 Å². The third kappa shape index (κ3) is 3.23. The van der Waals surface area contributed by atoms with E-state index in [1.54, 1.807) is 7.11 Å². The molecule has 0 unspecified atom stereocenters. The van der Waals surface area contributed by atoms with Gasteiger partial charge in [0.05, 0.1) is 18.6 Å². The van der Waals surface area contributed by atoms with Crippen molar-refractivity contribution in [2.24, 2.45) is 11.1 Å². The molecule has 100 valence electrons. The molecule has 0 aliphatic rings. The highest BCUT2D eigenvalue weighted by molar-refractivity contribution is 5.82. The van der Waals surface area contributed by atoms with Gasteiger partial charge in [-0.2, -0.15) is 0 Å². The topological polar surface area (TPSA) is 64.3 Å². The van der Waals surface area contributed by atoms with E-state index in [0.29, 0.717) is 6.54 Å². The first-order valence-corrected chi connectivity index (χ1v) is 6.06. The summed E-state index contributed by atoms with van der Waals surface area (Å²) in [6, 6.07) is 7.54. The van der Waals surface area contributed by atoms with Gasteiger partial charge in [0, 0.05) is 12.1 Å². The molecule has 0 bridgehead atoms. The van der Waals surface area contributed by atoms with E-state index in [0.717, 1.165) is 11.3 Å². The summed E-state index contributed by atoms with van der Waals surface area (Å²) in [6.45, 7) is 5.91. The molecule has 4 nitrogen and oxygen atoms in total. The maximum absolute atomic E-state index is 12.0. The molecular weight excluding hydrogens is 228 g/mol. The first-order chi connectivity index (χ1) is 8.42. The zero-order chi connectivity index (χ0) is 13.8. The van der Waals surface area contributed by atoms with Crippen LogP contribution in [0.4, 0.5) is 0 Å². The highest BCUT2D eigenvalue weighted by Gasteiger charge is 2.27. The molecule has 0 aliphatic heterocycles. The largest absolute Gasteiger partial charge is 0.496 e. The van der Waals surface area contributed by atoms with E-state index in [2.05, 4.69) is 5.32 Å². The second-order valence-corrected chi connectivity index (χ2v) is 5.03. The molecule has 3 N–H and O–H groups in total. The highest BCUT2D eigenvalue weighted by atomic mass is 16.5. The van der Waals surface area contributed by atoms with Crippen molar-refractivity contribution in [3.8, 4) is 5.75 Å². The van der Waals surface area contributed by atoms with E-state index in [1.807, 2.05) is 45.0 Å². The van der Waals surface area contributed by atoms with Crippen LogP contribution in [-0.4, -0.2) is 19.6 Å². The van der Waals surface area contributed by atoms with Gasteiger partial charge in [-0.05, 0) is 26.8 Å². The van der Waals surface area contributed by atoms with Gasteiger partial charge in [-0.1, -0.05) is 18.2 Å². The summed E-state index contributed by atoms with van der Waals surface area (Å²) in [7, 11) is 1.62. The molecule has 1 rings (SSSR count). The molecule has 0 aromatic heterocycles. The zero-order valence-electron chi connectivity index (χ0n) is 11.5. The Kier molecular flexibility index (Phi) is 4.73. The predicted octanol–water partition coefficient (Wildman–Crippen LogP) is 1.86. The molecule has 1 aromatic carbocycles. The van der Waals surface area contributed by atoms with Gasteiger partial charge < -0.3 is 15.8 Å². The van der Waals surface area contributed by atoms with Gasteiger partial charge in [-0.25, -0.2) is 0 Å². The molecule has 1 atom stereocenters. The Balaban J connectivity index is 2.83. The van der Waals surface area contributed by atoms with Crippen molar-refractivity contribution in [3.63, 3.8) is 0 Å². The first kappa shape index (κ1) is 14.5. The number of benzene rings is 1. The molecule has 0 spiro atoms. The van der Waals surface area contributed by atoms with E-state index in [9.17, 15) is 4.79 Å². The summed E-state index contributed by atoms with van der Waals surface area (Å²) in [5.74, 6) is 0.722. The highest BCUT2D eigenvalue weighted by Crippen LogP contribution is 2.25. The molecule has 0 radical (unpaired) electrons. The lowest BCUT2D eigenvalue weighted by Crippen LogP contribution is -2.42. The number of carbonyl (C=O) groups is 1. The van der Waals surface area contributed by atoms with Crippen LogP contribution in [0, 0.1) is 5.41 Å². The van der Waals surface area contributed by atoms with E-state index in [4.69, 9.17) is 10.5 Å². The van der Waals surface area contributed by atoms with Crippen LogP contribution in [0.25, 0.3) is 0 Å². The van der Waals surface area contributed by atoms with Crippen molar-refractivity contribution in [2.45, 2.75) is 26.8 Å². The smallest absolute Gasteiger partial charge is 0.227 e. The quantitative estimate of drug-likeness (QED) is 0.838. The zero-order valence-corrected chi connectivity index (χ0v) is 11.5. The van der Waals surface area contributed by atoms with Gasteiger partial charge in [0.2, 0.25) is 5.91 Å². The molecule has 0 saturated carbocycles. The Bertz CT molecular complexity index is 416. The summed E-state index contributed by atoms with van der Waals surface area (Å²) < 4.78 is 5.28. The first-order valence-electron chi connectivity index (χ1n) is 6.06. The molecule has 0 fully saturated rings. The Labute approximate surface area is 109 Å². The predicted molar refractivity (Wildman–Crippen MR) is 72.4 cm³/mol. The van der Waals surface area contributed by atoms with E-state index in [1.165, 1.54) is 0 Å². The minimum atomic E-state index is -0.559. The summed E-state index contributed by atoms with van der Waals surface area (Å²) >= 11 is 0. The molecule has 0 heterocycles. The van der Waals surface area contributed by atoms with Crippen LogP contribution in [-0.2, 0) is 4.79 Å². The van der Waals surface area contributed by atoms with Crippen molar-refractivity contribution in [1.29, 1.82) is 0 Å². The number of amides is 1. The number of para-hydroxylation sites is 1. The summed E-state index contributed by atoms with van der Waals surface area (Å²) in [5.41, 5.74) is 5.99. The molecule has 1 amide bonds. The summed E-state index contributed by atoms with van der Waals surface area (Å²) in [4.78, 5) is 12.0. The van der Waals surface area contributed by atoms with Crippen LogP contribution in [0.15, 0.2) is 24.3 Å². The van der Waals surface area contributed by atoms with Crippen LogP contribution >= 0.6 is 0 Å². The third-order valence-corrected chi connectivity index (χ3v) is 3.08. The Hall–Kier alpha value is -1.55. The number of nitrogens with one attached hydrogen (secondary N) is 1. The van der Waals surface area contributed by atoms with Crippen molar-refractivity contribution in [3.05, 3.63) is 29.8 Å². The molecule has 4 heteroatoms. The van der Waals surface area contributed by atoms with Crippen LogP contribution in [0.5, 0.6) is 5.75 Å². The van der Waals surface area contributed by atoms with Crippen LogP contribution in [0.3, 0.4) is 0 Å². The molecule has 0 aliphatic carbocycles. The maximum Gasteiger partial charge on any atom is 0.227 e. The second kappa shape index (κ2) is 5.87. The Morgan fingerprint density at radius 2 is 2.06 bits per heavy atom. The summed E-state index contributed by atoms with van der Waals surface area (Å²) in [6.07, 6.45) is 0. The number of hydrogen-bond donors (Lipinski definition) is 2. The lowest BCUT2D eigenvalue weighted by Gasteiger charge is -2.25. The van der Waals surface area contributed by atoms with E-state index < -0.39 is 5.41 Å². The summed E-state index contributed by atoms with van der Waals surface area (Å²) in [5, 5.41) is 2.96. The fourth-order valence-electron chi connectivity index (χ4n) is 1.59. The monoisotopic (exact) mass is 250 g/mol. The lowest BCUT2D eigenvalue weighted by molar-refractivity contribution is -0.129. The Morgan fingerprint density at radius 3 is 2.61 bits per heavy atom. The Morgan fingerprint density at radius 1 is 1.44 bits per heavy atom. The number of rotatable bonds is 5. The van der Waals surface area contributed by atoms with Gasteiger partial charge in [0.25, 0.3) is 0 Å². The van der Waals surface area contributed by atoms with Crippen molar-refractivity contribution in [2.75, 3.05) is 13.7 Å². The van der Waals surface area contributed by atoms with Crippen LogP contribution in [0.1, 0.15) is 32.4 Å². The average Bonchev–Trinajstić information content (AvgIpc) is 2.38. The second-order valence-electron chi connectivity index (χ2n) is 5.03. The minimum absolute atomic E-state index is 0.0524. The van der Waals surface area contributed by atoms with Gasteiger partial charge in [-0.15, -0.1) is 0 Å². The average molecular weight is 250 g/mol. The van der Waals surface area contributed by atoms with Gasteiger partial charge in [0.1, 0.15) is 5.75 Å². The fourth-order valence-corrected chi connectivity index (χ4v) is 1.59. The SMILES string of the molecule is COc1ccccc1[C@H](C)NC(=O)C(C)(C)CN. The molecule has 0 saturated heterocycles. The van der Waals surface area contributed by atoms with Gasteiger partial charge in [0.15, 0.2) is 0 Å². The van der Waals surface area contributed by atoms with Gasteiger partial charge in [-0.3, -0.25) is 4.79 Å². The van der Waals surface area contributed by atoms with Crippen LogP contribution < -0.4 is 15.8 Å². The minimum Gasteiger partial charge on any atom is -0.496 e. The standard InChI is InChI=1S/C14H22N2O2/c1-10(16-13(17)14(2,3)9-15)11-7-5-6-8-12(11)18-4/h5-8,10H,9,15H2,1-4H3,(H,16,17)/t10-/m0/s1. The van der Waals surface area contributed by atoms with Crippen molar-refractivity contribution < 1.29 is 9.53 Å². The number of methoxy groups -OCH3 is 1. The molecular formula is C14H22N2O2. The lowest BCUT2D eigenvalue weighted by atomic mass is 9.92. The number of hydrogen-bond acceptors (Lipinski definition) is 3. The molecule has 18 heavy (non-hydrogen) atoms. The fraction of sp³-hybridized carbons (Fsp3) is 0.500. The number of nitrogens with two attached hydrogens (primary N) is 1. The maximum atomic E-state index is 12.0. The third-order valence-electron chi connectivity index (χ3n) is 3.08. The number of ether oxygens (including phenoxy) is 1. The van der Waals surface area contributed by atoms with E-state index >= 15 is 0 Å². The van der Waals surface area contributed by atoms with Crippen molar-refractivity contribution in [1.82, 2.24) is 5.32 Å². The number of carbonyl (C=O) groups excluding carboxylic acids is 1. The van der Waals surface area contributed by atoms with Crippen LogP contribution in [0.2, 0.25) is 0 Å².